The van der Waals surface area contributed by atoms with Crippen LogP contribution >= 0.6 is 6.04 Å². The Kier molecular flexibility index (Phi) is 4.53. The second-order valence-electron chi connectivity index (χ2n) is 4.38. The number of nitriles is 1. The first-order chi connectivity index (χ1) is 9.23. The van der Waals surface area contributed by atoms with Crippen molar-refractivity contribution in [3.05, 3.63) is 60.7 Å². The van der Waals surface area contributed by atoms with Crippen molar-refractivity contribution in [1.29, 1.82) is 5.26 Å². The molecule has 0 bridgehead atoms. The number of rotatable bonds is 4. The van der Waals surface area contributed by atoms with E-state index in [-0.39, 0.29) is 5.66 Å². The van der Waals surface area contributed by atoms with E-state index in [4.69, 9.17) is 11.8 Å². The summed E-state index contributed by atoms with van der Waals surface area (Å²) in [6.45, 7) is 2.04. The minimum Gasteiger partial charge on any atom is -0.198 e. The number of benzene rings is 2. The van der Waals surface area contributed by atoms with E-state index in [1.807, 2.05) is 43.3 Å². The van der Waals surface area contributed by atoms with E-state index >= 15 is 0 Å². The molecule has 1 unspecified atom stereocenters. The van der Waals surface area contributed by atoms with Gasteiger partial charge < -0.3 is 0 Å². The third-order valence-corrected chi connectivity index (χ3v) is 8.77. The van der Waals surface area contributed by atoms with Crippen LogP contribution < -0.4 is 10.6 Å². The third-order valence-electron chi connectivity index (χ3n) is 3.25. The molecular weight excluding hydrogens is 269 g/mol. The molecule has 0 aromatic heterocycles. The van der Waals surface area contributed by atoms with Gasteiger partial charge in [0.2, 0.25) is 0 Å². The normalized spacial score (nSPS) is 12.6. The highest BCUT2D eigenvalue weighted by atomic mass is 32.4. The molecule has 19 heavy (non-hydrogen) atoms. The van der Waals surface area contributed by atoms with E-state index in [1.165, 1.54) is 0 Å². The molecule has 2 aromatic rings. The van der Waals surface area contributed by atoms with Crippen molar-refractivity contribution in [2.24, 2.45) is 0 Å². The number of nitrogens with zero attached hydrogens (tertiary/aromatic N) is 1. The second-order valence-corrected chi connectivity index (χ2v) is 9.08. The van der Waals surface area contributed by atoms with Crippen LogP contribution in [-0.2, 0) is 11.8 Å². The molecule has 96 valence electrons. The molecular formula is C16H16NPS. The minimum atomic E-state index is -2.06. The van der Waals surface area contributed by atoms with Crippen molar-refractivity contribution in [2.45, 2.75) is 19.0 Å². The van der Waals surface area contributed by atoms with Crippen LogP contribution in [0.2, 0.25) is 0 Å². The average molecular weight is 285 g/mol. The molecule has 0 fully saturated rings. The fourth-order valence-electron chi connectivity index (χ4n) is 2.24. The first-order valence-corrected chi connectivity index (χ1v) is 9.21. The fourth-order valence-corrected chi connectivity index (χ4v) is 6.48. The molecule has 1 nitrogen and oxygen atoms in total. The standard InChI is InChI=1S/C16H16NPS/c1-2-14(13-17)18(19,15-9-5-3-6-10-15)16-11-7-4-8-12-16/h3-12,14H,2H2,1H3. The molecule has 2 rings (SSSR count). The molecule has 1 atom stereocenters. The average Bonchev–Trinajstić information content (AvgIpc) is 2.50. The van der Waals surface area contributed by atoms with E-state index in [0.717, 1.165) is 17.0 Å². The zero-order valence-electron chi connectivity index (χ0n) is 10.9. The Morgan fingerprint density at radius 2 is 1.42 bits per heavy atom. The second kappa shape index (κ2) is 6.15. The van der Waals surface area contributed by atoms with Gasteiger partial charge in [-0.1, -0.05) is 79.4 Å². The summed E-state index contributed by atoms with van der Waals surface area (Å²) in [5.41, 5.74) is -0.104. The lowest BCUT2D eigenvalue weighted by molar-refractivity contribution is 0.978. The van der Waals surface area contributed by atoms with Gasteiger partial charge in [0.25, 0.3) is 0 Å². The topological polar surface area (TPSA) is 23.8 Å². The van der Waals surface area contributed by atoms with Crippen LogP contribution in [0.15, 0.2) is 60.7 Å². The third kappa shape index (κ3) is 2.63. The summed E-state index contributed by atoms with van der Waals surface area (Å²) in [6.07, 6.45) is 0.789. The smallest absolute Gasteiger partial charge is 0.0826 e. The maximum atomic E-state index is 9.50. The van der Waals surface area contributed by atoms with Gasteiger partial charge in [0.15, 0.2) is 0 Å². The van der Waals surface area contributed by atoms with Gasteiger partial charge in [-0.15, -0.1) is 0 Å². The summed E-state index contributed by atoms with van der Waals surface area (Å²) in [4.78, 5) is 0. The monoisotopic (exact) mass is 285 g/mol. The largest absolute Gasteiger partial charge is 0.198 e. The highest BCUT2D eigenvalue weighted by Crippen LogP contribution is 2.49. The molecule has 0 saturated carbocycles. The molecule has 0 radical (unpaired) electrons. The lowest BCUT2D eigenvalue weighted by Crippen LogP contribution is -2.24. The summed E-state index contributed by atoms with van der Waals surface area (Å²) >= 11 is 6.04. The van der Waals surface area contributed by atoms with Gasteiger partial charge in [-0.25, -0.2) is 0 Å². The molecule has 3 heteroatoms. The molecule has 0 aliphatic heterocycles. The summed E-state index contributed by atoms with van der Waals surface area (Å²) < 4.78 is 0. The zero-order valence-corrected chi connectivity index (χ0v) is 12.6. The molecule has 0 N–H and O–H groups in total. The van der Waals surface area contributed by atoms with Crippen LogP contribution in [0.5, 0.6) is 0 Å². The maximum absolute atomic E-state index is 9.50. The van der Waals surface area contributed by atoms with Crippen LogP contribution in [0.1, 0.15) is 13.3 Å². The Bertz CT molecular complexity index is 573. The Labute approximate surface area is 119 Å². The molecule has 0 spiro atoms. The maximum Gasteiger partial charge on any atom is 0.0826 e. The Hall–Kier alpha value is -1.42. The van der Waals surface area contributed by atoms with Crippen molar-refractivity contribution in [2.75, 3.05) is 0 Å². The van der Waals surface area contributed by atoms with Gasteiger partial charge in [0.05, 0.1) is 11.7 Å². The van der Waals surface area contributed by atoms with E-state index in [1.54, 1.807) is 0 Å². The van der Waals surface area contributed by atoms with Crippen LogP contribution in [0.25, 0.3) is 0 Å². The summed E-state index contributed by atoms with van der Waals surface area (Å²) in [7, 11) is 0. The Morgan fingerprint density at radius 3 is 1.74 bits per heavy atom. The fraction of sp³-hybridized carbons (Fsp3) is 0.188. The van der Waals surface area contributed by atoms with Crippen LogP contribution in [0.4, 0.5) is 0 Å². The van der Waals surface area contributed by atoms with Gasteiger partial charge >= 0.3 is 0 Å². The lowest BCUT2D eigenvalue weighted by atomic mass is 10.3. The number of hydrogen-bond donors (Lipinski definition) is 0. The van der Waals surface area contributed by atoms with E-state index in [2.05, 4.69) is 30.3 Å². The van der Waals surface area contributed by atoms with Crippen molar-refractivity contribution in [3.8, 4) is 6.07 Å². The molecule has 0 saturated heterocycles. The molecule has 0 aliphatic carbocycles. The van der Waals surface area contributed by atoms with Crippen molar-refractivity contribution in [3.63, 3.8) is 0 Å². The summed E-state index contributed by atoms with van der Waals surface area (Å²) in [6, 6.07) is 20.6. The van der Waals surface area contributed by atoms with Crippen molar-refractivity contribution < 1.29 is 0 Å². The van der Waals surface area contributed by atoms with E-state index in [9.17, 15) is 5.26 Å². The Morgan fingerprint density at radius 1 is 1.00 bits per heavy atom. The molecule has 0 amide bonds. The molecule has 2 aromatic carbocycles. The van der Waals surface area contributed by atoms with Gasteiger partial charge in [0.1, 0.15) is 0 Å². The lowest BCUT2D eigenvalue weighted by Gasteiger charge is -2.27. The minimum absolute atomic E-state index is 0.104. The molecule has 0 aliphatic rings. The highest BCUT2D eigenvalue weighted by Gasteiger charge is 2.30. The Balaban J connectivity index is 2.65. The van der Waals surface area contributed by atoms with E-state index in [0.29, 0.717) is 0 Å². The first kappa shape index (κ1) is 14.0. The van der Waals surface area contributed by atoms with Crippen LogP contribution in [0.3, 0.4) is 0 Å². The summed E-state index contributed by atoms with van der Waals surface area (Å²) in [5, 5.41) is 11.8. The predicted octanol–water partition coefficient (Wildman–Crippen LogP) is 3.42. The van der Waals surface area contributed by atoms with Crippen molar-refractivity contribution >= 4 is 28.5 Å². The van der Waals surface area contributed by atoms with Gasteiger partial charge in [0, 0.05) is 6.04 Å². The van der Waals surface area contributed by atoms with Gasteiger partial charge in [-0.3, -0.25) is 0 Å². The quantitative estimate of drug-likeness (QED) is 0.804. The first-order valence-electron chi connectivity index (χ1n) is 6.34. The van der Waals surface area contributed by atoms with Crippen LogP contribution in [-0.4, -0.2) is 5.66 Å². The predicted molar refractivity (Wildman–Crippen MR) is 86.1 cm³/mol. The molecule has 0 heterocycles. The van der Waals surface area contributed by atoms with Gasteiger partial charge in [-0.05, 0) is 17.0 Å². The summed E-state index contributed by atoms with van der Waals surface area (Å²) in [5.74, 6) is 0. The van der Waals surface area contributed by atoms with E-state index < -0.39 is 6.04 Å². The zero-order chi connectivity index (χ0) is 13.7. The van der Waals surface area contributed by atoms with Gasteiger partial charge in [-0.2, -0.15) is 5.26 Å². The number of hydrogen-bond acceptors (Lipinski definition) is 2. The van der Waals surface area contributed by atoms with Crippen molar-refractivity contribution in [1.82, 2.24) is 0 Å². The van der Waals surface area contributed by atoms with Crippen LogP contribution in [0, 0.1) is 11.3 Å². The SMILES string of the molecule is CCC(C#N)P(=S)(c1ccccc1)c1ccccc1. The highest BCUT2D eigenvalue weighted by molar-refractivity contribution is 8.22.